The third-order valence-corrected chi connectivity index (χ3v) is 5.99. The Hall–Kier alpha value is -1.50. The molecule has 5 nitrogen and oxygen atoms in total. The highest BCUT2D eigenvalue weighted by Gasteiger charge is 2.12. The molecular weight excluding hydrogens is 370 g/mol. The number of likely N-dealkylation sites (tertiary alicyclic amines) is 1. The zero-order chi connectivity index (χ0) is 18.5. The predicted octanol–water partition coefficient (Wildman–Crippen LogP) is 2.89. The number of pyridine rings is 1. The highest BCUT2D eigenvalue weighted by molar-refractivity contribution is 8.00. The number of thioether (sulfide) groups is 1. The number of nitrogens with one attached hydrogen (secondary N) is 1. The van der Waals surface area contributed by atoms with Crippen LogP contribution in [0.2, 0.25) is 5.02 Å². The van der Waals surface area contributed by atoms with Gasteiger partial charge in [-0.3, -0.25) is 9.59 Å². The number of aryl methyl sites for hydroxylation is 1. The maximum Gasteiger partial charge on any atom is 0.251 e. The number of carbonyl (C=O) groups is 1. The smallest absolute Gasteiger partial charge is 0.251 e. The summed E-state index contributed by atoms with van der Waals surface area (Å²) in [4.78, 5) is 27.5. The number of nitrogens with zero attached hydrogens (tertiary/aromatic N) is 2. The molecule has 0 bridgehead atoms. The Morgan fingerprint density at radius 2 is 2.04 bits per heavy atom. The van der Waals surface area contributed by atoms with Gasteiger partial charge < -0.3 is 14.8 Å². The van der Waals surface area contributed by atoms with Crippen molar-refractivity contribution in [1.29, 1.82) is 0 Å². The molecule has 26 heavy (non-hydrogen) atoms. The molecule has 140 valence electrons. The van der Waals surface area contributed by atoms with Crippen molar-refractivity contribution < 1.29 is 4.79 Å². The maximum absolute atomic E-state index is 12.1. The van der Waals surface area contributed by atoms with Crippen LogP contribution >= 0.6 is 23.4 Å². The minimum absolute atomic E-state index is 0.00715. The van der Waals surface area contributed by atoms with Crippen molar-refractivity contribution in [2.75, 3.05) is 31.9 Å². The van der Waals surface area contributed by atoms with Crippen LogP contribution in [0.5, 0.6) is 0 Å². The lowest BCUT2D eigenvalue weighted by Gasteiger charge is -2.14. The van der Waals surface area contributed by atoms with E-state index >= 15 is 0 Å². The van der Waals surface area contributed by atoms with Gasteiger partial charge in [-0.25, -0.2) is 0 Å². The Kier molecular flexibility index (Phi) is 6.62. The summed E-state index contributed by atoms with van der Waals surface area (Å²) in [7, 11) is 1.74. The van der Waals surface area contributed by atoms with Crippen LogP contribution in [0.25, 0.3) is 10.9 Å². The minimum atomic E-state index is -0.0895. The Balaban J connectivity index is 1.55. The first-order chi connectivity index (χ1) is 12.5. The quantitative estimate of drug-likeness (QED) is 0.580. The second-order valence-electron chi connectivity index (χ2n) is 6.61. The van der Waals surface area contributed by atoms with E-state index in [1.807, 2.05) is 12.1 Å². The Morgan fingerprint density at radius 3 is 2.81 bits per heavy atom. The van der Waals surface area contributed by atoms with Gasteiger partial charge >= 0.3 is 0 Å². The molecule has 1 fully saturated rings. The minimum Gasteiger partial charge on any atom is -0.355 e. The molecule has 1 aliphatic heterocycles. The van der Waals surface area contributed by atoms with Crippen LogP contribution in [0, 0.1) is 0 Å². The number of carbonyl (C=O) groups excluding carboxylic acids is 1. The highest BCUT2D eigenvalue weighted by atomic mass is 35.5. The third-order valence-electron chi connectivity index (χ3n) is 4.70. The summed E-state index contributed by atoms with van der Waals surface area (Å²) in [5.74, 6) is 0.283. The molecule has 0 unspecified atom stereocenters. The van der Waals surface area contributed by atoms with E-state index in [9.17, 15) is 9.59 Å². The lowest BCUT2D eigenvalue weighted by molar-refractivity contribution is -0.118. The first kappa shape index (κ1) is 19.3. The summed E-state index contributed by atoms with van der Waals surface area (Å²) in [5.41, 5.74) is 0.726. The molecule has 1 amide bonds. The van der Waals surface area contributed by atoms with Crippen molar-refractivity contribution in [3.8, 4) is 0 Å². The topological polar surface area (TPSA) is 54.3 Å². The van der Waals surface area contributed by atoms with E-state index in [1.54, 1.807) is 23.7 Å². The van der Waals surface area contributed by atoms with Crippen molar-refractivity contribution in [3.63, 3.8) is 0 Å². The van der Waals surface area contributed by atoms with Gasteiger partial charge in [-0.2, -0.15) is 0 Å². The first-order valence-electron chi connectivity index (χ1n) is 8.96. The number of benzene rings is 1. The Labute approximate surface area is 162 Å². The van der Waals surface area contributed by atoms with Crippen molar-refractivity contribution in [2.45, 2.75) is 24.2 Å². The van der Waals surface area contributed by atoms with E-state index in [2.05, 4.69) is 10.2 Å². The lowest BCUT2D eigenvalue weighted by atomic mass is 10.2. The molecule has 0 atom stereocenters. The van der Waals surface area contributed by atoms with Crippen LogP contribution in [0.1, 0.15) is 19.3 Å². The average molecular weight is 394 g/mol. The normalized spacial score (nSPS) is 14.8. The van der Waals surface area contributed by atoms with Gasteiger partial charge in [0, 0.05) is 35.0 Å². The summed E-state index contributed by atoms with van der Waals surface area (Å²) in [6.07, 6.45) is 3.55. The van der Waals surface area contributed by atoms with Crippen LogP contribution in [0.4, 0.5) is 0 Å². The third kappa shape index (κ3) is 4.81. The van der Waals surface area contributed by atoms with Gasteiger partial charge in [-0.15, -0.1) is 11.8 Å². The van der Waals surface area contributed by atoms with Crippen molar-refractivity contribution in [1.82, 2.24) is 14.8 Å². The van der Waals surface area contributed by atoms with Gasteiger partial charge in [0.25, 0.3) is 5.56 Å². The van der Waals surface area contributed by atoms with E-state index in [0.29, 0.717) is 17.3 Å². The summed E-state index contributed by atoms with van der Waals surface area (Å²) in [6, 6.07) is 7.02. The highest BCUT2D eigenvalue weighted by Crippen LogP contribution is 2.28. The predicted molar refractivity (Wildman–Crippen MR) is 108 cm³/mol. The Bertz CT molecular complexity index is 847. The van der Waals surface area contributed by atoms with Gasteiger partial charge in [0.15, 0.2) is 0 Å². The number of halogens is 1. The zero-order valence-corrected chi connectivity index (χ0v) is 16.5. The molecule has 0 saturated carbocycles. The van der Waals surface area contributed by atoms with Crippen LogP contribution in [0.3, 0.4) is 0 Å². The molecule has 1 N–H and O–H groups in total. The van der Waals surface area contributed by atoms with E-state index in [4.69, 9.17) is 11.6 Å². The van der Waals surface area contributed by atoms with Gasteiger partial charge in [0.2, 0.25) is 5.91 Å². The molecular formula is C19H24ClN3O2S. The average Bonchev–Trinajstić information content (AvgIpc) is 3.14. The number of hydrogen-bond acceptors (Lipinski definition) is 4. The van der Waals surface area contributed by atoms with E-state index in [0.717, 1.165) is 28.8 Å². The second kappa shape index (κ2) is 8.93. The van der Waals surface area contributed by atoms with Crippen LogP contribution in [0.15, 0.2) is 34.0 Å². The molecule has 1 saturated heterocycles. The molecule has 0 spiro atoms. The van der Waals surface area contributed by atoms with Gasteiger partial charge in [-0.1, -0.05) is 11.6 Å². The zero-order valence-electron chi connectivity index (χ0n) is 15.0. The Morgan fingerprint density at radius 1 is 1.27 bits per heavy atom. The van der Waals surface area contributed by atoms with Crippen LogP contribution in [-0.4, -0.2) is 47.3 Å². The monoisotopic (exact) mass is 393 g/mol. The number of aromatic nitrogens is 1. The van der Waals surface area contributed by atoms with E-state index < -0.39 is 0 Å². The van der Waals surface area contributed by atoms with Gasteiger partial charge in [-0.05, 0) is 57.1 Å². The molecule has 0 radical (unpaired) electrons. The fourth-order valence-electron chi connectivity index (χ4n) is 3.25. The first-order valence-corrected chi connectivity index (χ1v) is 10.3. The summed E-state index contributed by atoms with van der Waals surface area (Å²) >= 11 is 7.48. The van der Waals surface area contributed by atoms with E-state index in [1.165, 1.54) is 37.7 Å². The number of fused-ring (bicyclic) bond motifs is 1. The van der Waals surface area contributed by atoms with Crippen LogP contribution in [-0.2, 0) is 11.8 Å². The fourth-order valence-corrected chi connectivity index (χ4v) is 4.32. The number of amides is 1. The molecule has 1 aromatic heterocycles. The standard InChI is InChI=1S/C19H24ClN3O2S/c1-22-16-6-5-14(20)11-15(16)17(12-19(22)25)26-13-18(24)21-7-4-10-23-8-2-3-9-23/h5-6,11-12H,2-4,7-10,13H2,1H3,(H,21,24). The lowest BCUT2D eigenvalue weighted by Crippen LogP contribution is -2.29. The SMILES string of the molecule is Cn1c(=O)cc(SCC(=O)NCCCN2CCCC2)c2cc(Cl)ccc21. The largest absolute Gasteiger partial charge is 0.355 e. The van der Waals surface area contributed by atoms with Crippen molar-refractivity contribution in [2.24, 2.45) is 7.05 Å². The molecule has 1 aromatic carbocycles. The van der Waals surface area contributed by atoms with Crippen molar-refractivity contribution >= 4 is 40.2 Å². The number of rotatable bonds is 7. The fraction of sp³-hybridized carbons (Fsp3) is 0.474. The molecule has 3 rings (SSSR count). The second-order valence-corrected chi connectivity index (χ2v) is 8.06. The molecule has 7 heteroatoms. The van der Waals surface area contributed by atoms with Gasteiger partial charge in [0.1, 0.15) is 0 Å². The van der Waals surface area contributed by atoms with Gasteiger partial charge in [0.05, 0.1) is 11.3 Å². The molecule has 1 aliphatic rings. The molecule has 2 aromatic rings. The number of hydrogen-bond donors (Lipinski definition) is 1. The van der Waals surface area contributed by atoms with Crippen molar-refractivity contribution in [3.05, 3.63) is 39.6 Å². The molecule has 2 heterocycles. The summed E-state index contributed by atoms with van der Waals surface area (Å²) < 4.78 is 1.59. The molecule has 0 aliphatic carbocycles. The summed E-state index contributed by atoms with van der Waals surface area (Å²) in [6.45, 7) is 4.11. The summed E-state index contributed by atoms with van der Waals surface area (Å²) in [5, 5.41) is 4.48. The van der Waals surface area contributed by atoms with Crippen LogP contribution < -0.4 is 10.9 Å². The maximum atomic E-state index is 12.1. The van der Waals surface area contributed by atoms with E-state index in [-0.39, 0.29) is 11.5 Å².